The fourth-order valence-electron chi connectivity index (χ4n) is 4.92. The lowest BCUT2D eigenvalue weighted by molar-refractivity contribution is -0.129. The average molecular weight is 664 g/mol. The minimum Gasteiger partial charge on any atom is -0.508 e. The Hall–Kier alpha value is -5.41. The summed E-state index contributed by atoms with van der Waals surface area (Å²) in [7, 11) is 0. The first-order valence-electron chi connectivity index (χ1n) is 14.5. The highest BCUT2D eigenvalue weighted by Gasteiger charge is 2.24. The van der Waals surface area contributed by atoms with Gasteiger partial charge in [-0.05, 0) is 61.2 Å². The molecule has 0 radical (unpaired) electrons. The molecule has 246 valence electrons. The summed E-state index contributed by atoms with van der Waals surface area (Å²) in [5.74, 6) is -3.57. The lowest BCUT2D eigenvalue weighted by atomic mass is 9.90. The molecule has 4 rings (SSSR count). The first kappa shape index (κ1) is 34.5. The number of carbonyl (C=O) groups is 5. The number of phenolic OH excluding ortho intramolecular Hbond substituents is 1. The van der Waals surface area contributed by atoms with Crippen molar-refractivity contribution in [1.29, 1.82) is 0 Å². The molecule has 15 heteroatoms. The summed E-state index contributed by atoms with van der Waals surface area (Å²) < 4.78 is 5.83. The summed E-state index contributed by atoms with van der Waals surface area (Å²) in [6.45, 7) is -0.218. The number of carboxylic acid groups (broad SMARTS) is 1. The second kappa shape index (κ2) is 15.2. The Morgan fingerprint density at radius 2 is 1.68 bits per heavy atom. The molecule has 14 nitrogen and oxygen atoms in total. The number of phenols is 1. The highest BCUT2D eigenvalue weighted by atomic mass is 32.1. The number of carbonyl (C=O) groups excluding carboxylic acids is 4. The van der Waals surface area contributed by atoms with Gasteiger partial charge >= 0.3 is 5.97 Å². The van der Waals surface area contributed by atoms with E-state index in [0.29, 0.717) is 29.4 Å². The number of amides is 4. The van der Waals surface area contributed by atoms with Gasteiger partial charge in [0, 0.05) is 46.5 Å². The van der Waals surface area contributed by atoms with Crippen molar-refractivity contribution in [3.8, 4) is 28.2 Å². The van der Waals surface area contributed by atoms with E-state index in [1.54, 1.807) is 6.07 Å². The van der Waals surface area contributed by atoms with Crippen LogP contribution in [0.5, 0.6) is 5.75 Å². The predicted octanol–water partition coefficient (Wildman–Crippen LogP) is 1.21. The van der Waals surface area contributed by atoms with Crippen molar-refractivity contribution in [3.63, 3.8) is 0 Å². The number of nitrogens with one attached hydrogen (secondary N) is 3. The van der Waals surface area contributed by atoms with Gasteiger partial charge in [-0.15, -0.1) is 0 Å². The molecule has 2 aliphatic rings. The van der Waals surface area contributed by atoms with Gasteiger partial charge in [0.15, 0.2) is 5.43 Å². The molecule has 0 spiro atoms. The van der Waals surface area contributed by atoms with E-state index in [9.17, 15) is 39.0 Å². The van der Waals surface area contributed by atoms with Crippen LogP contribution in [0.15, 0.2) is 63.8 Å². The smallest absolute Gasteiger partial charge is 0.336 e. The van der Waals surface area contributed by atoms with Gasteiger partial charge in [-0.2, -0.15) is 12.6 Å². The molecule has 1 aliphatic heterocycles. The zero-order chi connectivity index (χ0) is 34.2. The van der Waals surface area contributed by atoms with Crippen LogP contribution in [0.25, 0.3) is 33.4 Å². The van der Waals surface area contributed by atoms with Crippen molar-refractivity contribution < 1.29 is 38.6 Å². The highest BCUT2D eigenvalue weighted by molar-refractivity contribution is 7.80. The maximum Gasteiger partial charge on any atom is 0.336 e. The van der Waals surface area contributed by atoms with Crippen molar-refractivity contribution in [1.82, 2.24) is 16.0 Å². The van der Waals surface area contributed by atoms with E-state index in [1.165, 1.54) is 48.5 Å². The number of nitrogens with two attached hydrogens (primary N) is 2. The average Bonchev–Trinajstić information content (AvgIpc) is 3.04. The summed E-state index contributed by atoms with van der Waals surface area (Å²) in [6, 6.07) is 10.8. The van der Waals surface area contributed by atoms with E-state index in [-0.39, 0.29) is 57.9 Å². The van der Waals surface area contributed by atoms with E-state index >= 15 is 0 Å². The summed E-state index contributed by atoms with van der Waals surface area (Å²) in [5.41, 5.74) is 11.9. The van der Waals surface area contributed by atoms with E-state index in [1.807, 2.05) is 0 Å². The Kier molecular flexibility index (Phi) is 11.2. The molecular formula is C32H33N5O9S. The number of unbranched alkanes of at least 4 members (excludes halogenated alkanes) is 1. The van der Waals surface area contributed by atoms with Crippen LogP contribution < -0.4 is 32.8 Å². The van der Waals surface area contributed by atoms with Gasteiger partial charge in [0.05, 0.1) is 18.2 Å². The molecule has 2 unspecified atom stereocenters. The largest absolute Gasteiger partial charge is 0.508 e. The number of thiol groups is 1. The van der Waals surface area contributed by atoms with E-state index < -0.39 is 48.2 Å². The summed E-state index contributed by atoms with van der Waals surface area (Å²) in [5, 5.41) is 28.1. The predicted molar refractivity (Wildman–Crippen MR) is 175 cm³/mol. The fraction of sp³-hybridized carbons (Fsp3) is 0.250. The molecule has 0 aromatic heterocycles. The molecule has 4 amide bonds. The first-order valence-corrected chi connectivity index (χ1v) is 15.1. The number of aromatic hydroxyl groups is 1. The van der Waals surface area contributed by atoms with E-state index in [4.69, 9.17) is 15.9 Å². The number of hydrogen-bond acceptors (Lipinski definition) is 10. The van der Waals surface area contributed by atoms with Crippen molar-refractivity contribution in [3.05, 3.63) is 75.9 Å². The molecule has 0 saturated carbocycles. The Morgan fingerprint density at radius 3 is 2.38 bits per heavy atom. The zero-order valence-corrected chi connectivity index (χ0v) is 25.8. The molecule has 47 heavy (non-hydrogen) atoms. The van der Waals surface area contributed by atoms with E-state index in [2.05, 4.69) is 28.6 Å². The Labute approximate surface area is 273 Å². The van der Waals surface area contributed by atoms with Gasteiger partial charge in [-0.1, -0.05) is 6.07 Å². The van der Waals surface area contributed by atoms with Gasteiger partial charge in [-0.3, -0.25) is 24.0 Å². The fourth-order valence-corrected chi connectivity index (χ4v) is 5.09. The van der Waals surface area contributed by atoms with Crippen molar-refractivity contribution in [2.24, 2.45) is 11.5 Å². The van der Waals surface area contributed by atoms with Crippen molar-refractivity contribution in [2.75, 3.05) is 18.8 Å². The summed E-state index contributed by atoms with van der Waals surface area (Å²) in [6.07, 6.45) is 0.975. The monoisotopic (exact) mass is 663 g/mol. The lowest BCUT2D eigenvalue weighted by Gasteiger charge is -2.17. The first-order chi connectivity index (χ1) is 22.4. The van der Waals surface area contributed by atoms with Gasteiger partial charge in [0.25, 0.3) is 5.91 Å². The lowest BCUT2D eigenvalue weighted by Crippen LogP contribution is -2.50. The van der Waals surface area contributed by atoms with Crippen LogP contribution in [0.3, 0.4) is 0 Å². The molecule has 1 heterocycles. The van der Waals surface area contributed by atoms with Crippen LogP contribution in [-0.2, 0) is 14.4 Å². The summed E-state index contributed by atoms with van der Waals surface area (Å²) in [4.78, 5) is 73.1. The number of fused-ring (bicyclic) bond motifs is 2. The van der Waals surface area contributed by atoms with Crippen molar-refractivity contribution >= 4 is 53.2 Å². The molecule has 2 aromatic rings. The van der Waals surface area contributed by atoms with Crippen LogP contribution in [0.2, 0.25) is 0 Å². The third kappa shape index (κ3) is 8.45. The highest BCUT2D eigenvalue weighted by Crippen LogP contribution is 2.42. The molecule has 9 N–H and O–H groups in total. The number of benzene rings is 3. The quantitative estimate of drug-likeness (QED) is 0.0544. The topological polar surface area (TPSA) is 244 Å². The second-order valence-electron chi connectivity index (χ2n) is 10.7. The number of hydrogen-bond donors (Lipinski definition) is 8. The molecule has 2 aromatic carbocycles. The van der Waals surface area contributed by atoms with Crippen LogP contribution in [-0.4, -0.2) is 70.7 Å². The normalized spacial score (nSPS) is 12.3. The Bertz CT molecular complexity index is 1880. The van der Waals surface area contributed by atoms with Gasteiger partial charge < -0.3 is 42.0 Å². The van der Waals surface area contributed by atoms with Gasteiger partial charge in [-0.25, -0.2) is 4.79 Å². The molecular weight excluding hydrogens is 630 g/mol. The third-order valence-electron chi connectivity index (χ3n) is 7.30. The van der Waals surface area contributed by atoms with Crippen molar-refractivity contribution in [2.45, 2.75) is 31.3 Å². The number of carboxylic acids is 1. The maximum absolute atomic E-state index is 13.0. The van der Waals surface area contributed by atoms with Gasteiger partial charge in [0.2, 0.25) is 17.7 Å². The second-order valence-corrected chi connectivity index (χ2v) is 11.0. The van der Waals surface area contributed by atoms with Gasteiger partial charge in [0.1, 0.15) is 23.1 Å². The van der Waals surface area contributed by atoms with Crippen LogP contribution in [0.4, 0.5) is 0 Å². The van der Waals surface area contributed by atoms with Crippen LogP contribution in [0.1, 0.15) is 40.0 Å². The number of primary amides is 1. The Morgan fingerprint density at radius 1 is 0.936 bits per heavy atom. The number of aromatic carboxylic acids is 1. The van der Waals surface area contributed by atoms with Crippen LogP contribution >= 0.6 is 12.6 Å². The summed E-state index contributed by atoms with van der Waals surface area (Å²) >= 11 is 3.91. The standard InChI is InChI=1S/C32H33N5O9S/c33-23(15-47)31(43)36-14-27(40)37-24(29(34)41)3-1-2-10-35-30(42)16-4-7-19(22(11-16)32(44)45)28-20-8-5-17(38)12-25(20)46-26-13-18(39)6-9-21(26)28/h4-9,11-13,23-24,38,47H,1-3,10,14-15,33H2,(H2,34,41)(H,35,42)(H,36,43)(H,37,40)(H,44,45). The molecule has 0 fully saturated rings. The minimum atomic E-state index is -1.29. The molecule has 1 aliphatic carbocycles. The Balaban J connectivity index is 1.43. The third-order valence-corrected chi connectivity index (χ3v) is 7.69. The zero-order valence-electron chi connectivity index (χ0n) is 24.9. The van der Waals surface area contributed by atoms with E-state index in [0.717, 1.165) is 0 Å². The van der Waals surface area contributed by atoms with Crippen LogP contribution in [0, 0.1) is 0 Å². The minimum absolute atomic E-state index is 0.0821. The number of rotatable bonds is 14. The molecule has 2 atom stereocenters. The maximum atomic E-state index is 13.0. The molecule has 0 saturated heterocycles. The SMILES string of the molecule is NC(=O)C(CCCCNC(=O)c1ccc(-c2c3ccc(=O)cc-3oc3cc(O)ccc23)c(C(=O)O)c1)NC(=O)CNC(=O)C(N)CS. The molecule has 0 bridgehead atoms.